The van der Waals surface area contributed by atoms with Crippen molar-refractivity contribution >= 4 is 23.4 Å². The maximum Gasteiger partial charge on any atom is 0.130 e. The molecule has 0 aliphatic carbocycles. The van der Waals surface area contributed by atoms with Gasteiger partial charge in [-0.25, -0.2) is 0 Å². The van der Waals surface area contributed by atoms with Crippen LogP contribution in [0.4, 0.5) is 5.69 Å². The van der Waals surface area contributed by atoms with Crippen LogP contribution in [0.5, 0.6) is 0 Å². The van der Waals surface area contributed by atoms with Crippen LogP contribution in [0.15, 0.2) is 17.7 Å². The molecule has 0 saturated heterocycles. The molecule has 0 bridgehead atoms. The molecule has 0 fully saturated rings. The van der Waals surface area contributed by atoms with Gasteiger partial charge in [0.05, 0.1) is 0 Å². The van der Waals surface area contributed by atoms with Crippen LogP contribution in [0.3, 0.4) is 0 Å². The highest BCUT2D eigenvalue weighted by Crippen LogP contribution is 2.45. The molecule has 114 valence electrons. The minimum Gasteiger partial charge on any atom is -0.366 e. The van der Waals surface area contributed by atoms with Crippen LogP contribution in [-0.2, 0) is 0 Å². The minimum atomic E-state index is 0.0676. The number of benzene rings is 1. The van der Waals surface area contributed by atoms with E-state index in [1.165, 1.54) is 5.56 Å². The van der Waals surface area contributed by atoms with Crippen LogP contribution < -0.4 is 4.90 Å². The van der Waals surface area contributed by atoms with Crippen molar-refractivity contribution in [2.75, 3.05) is 11.4 Å². The Balaban J connectivity index is 2.62. The van der Waals surface area contributed by atoms with Crippen LogP contribution in [0.25, 0.3) is 6.08 Å². The van der Waals surface area contributed by atoms with Gasteiger partial charge >= 0.3 is 0 Å². The molecule has 0 aromatic heterocycles. The van der Waals surface area contributed by atoms with E-state index in [9.17, 15) is 0 Å². The molecule has 1 aromatic rings. The van der Waals surface area contributed by atoms with Crippen LogP contribution in [0, 0.1) is 22.7 Å². The lowest BCUT2D eigenvalue weighted by atomic mass is 9.79. The number of halogens is 1. The van der Waals surface area contributed by atoms with Gasteiger partial charge in [-0.05, 0) is 62.4 Å². The highest BCUT2D eigenvalue weighted by molar-refractivity contribution is 6.32. The topological polar surface area (TPSA) is 50.8 Å². The van der Waals surface area contributed by atoms with Crippen molar-refractivity contribution in [2.45, 2.75) is 45.6 Å². The highest BCUT2D eigenvalue weighted by Gasteiger charge is 2.35. The van der Waals surface area contributed by atoms with Crippen molar-refractivity contribution in [2.24, 2.45) is 0 Å². The Morgan fingerprint density at radius 2 is 2.05 bits per heavy atom. The van der Waals surface area contributed by atoms with Gasteiger partial charge in [-0.2, -0.15) is 10.5 Å². The fourth-order valence-electron chi connectivity index (χ4n) is 3.48. The lowest BCUT2D eigenvalue weighted by Crippen LogP contribution is -2.48. The van der Waals surface area contributed by atoms with Gasteiger partial charge in [-0.15, -0.1) is 0 Å². The molecular formula is C18H20ClN3. The second kappa shape index (κ2) is 6.03. The number of rotatable bonds is 2. The van der Waals surface area contributed by atoms with E-state index in [1.54, 1.807) is 6.08 Å². The van der Waals surface area contributed by atoms with Crippen LogP contribution in [0.1, 0.15) is 51.2 Å². The summed E-state index contributed by atoms with van der Waals surface area (Å²) in [7, 11) is 0. The van der Waals surface area contributed by atoms with E-state index in [2.05, 4.69) is 32.6 Å². The van der Waals surface area contributed by atoms with Crippen LogP contribution in [-0.4, -0.2) is 12.1 Å². The van der Waals surface area contributed by atoms with Crippen molar-refractivity contribution in [3.8, 4) is 12.1 Å². The van der Waals surface area contributed by atoms with Gasteiger partial charge in [0, 0.05) is 22.8 Å². The predicted octanol–water partition coefficient (Wildman–Crippen LogP) is 4.88. The van der Waals surface area contributed by atoms with Crippen molar-refractivity contribution < 1.29 is 0 Å². The number of hydrogen-bond acceptors (Lipinski definition) is 3. The molecular weight excluding hydrogens is 294 g/mol. The molecule has 1 atom stereocenters. The quantitative estimate of drug-likeness (QED) is 0.731. The molecule has 0 amide bonds. The van der Waals surface area contributed by atoms with E-state index in [0.717, 1.165) is 24.2 Å². The maximum atomic E-state index is 8.93. The Hall–Kier alpha value is -1.97. The van der Waals surface area contributed by atoms with Gasteiger partial charge < -0.3 is 4.90 Å². The summed E-state index contributed by atoms with van der Waals surface area (Å²) in [6.07, 6.45) is 2.62. The normalized spacial score (nSPS) is 18.9. The number of nitriles is 2. The van der Waals surface area contributed by atoms with E-state index in [0.29, 0.717) is 10.9 Å². The molecule has 1 aromatic carbocycles. The molecule has 1 aliphatic rings. The Labute approximate surface area is 137 Å². The van der Waals surface area contributed by atoms with E-state index in [-0.39, 0.29) is 11.1 Å². The van der Waals surface area contributed by atoms with Gasteiger partial charge in [0.15, 0.2) is 0 Å². The maximum absolute atomic E-state index is 8.93. The second-order valence-corrected chi connectivity index (χ2v) is 6.78. The number of anilines is 1. The predicted molar refractivity (Wildman–Crippen MR) is 90.8 cm³/mol. The Morgan fingerprint density at radius 1 is 1.41 bits per heavy atom. The first-order valence-electron chi connectivity index (χ1n) is 7.47. The summed E-state index contributed by atoms with van der Waals surface area (Å²) in [5.74, 6) is 0.407. The molecule has 3 nitrogen and oxygen atoms in total. The molecule has 4 heteroatoms. The minimum absolute atomic E-state index is 0.0676. The SMILES string of the molecule is CCN1c2cc(Cl)c(C=C(C#N)C#N)cc2C(C)CC1(C)C. The summed E-state index contributed by atoms with van der Waals surface area (Å²) >= 11 is 6.39. The number of fused-ring (bicyclic) bond motifs is 1. The average molecular weight is 314 g/mol. The van der Waals surface area contributed by atoms with E-state index >= 15 is 0 Å². The Bertz CT molecular complexity index is 688. The third-order valence-electron chi connectivity index (χ3n) is 4.36. The average Bonchev–Trinajstić information content (AvgIpc) is 2.45. The summed E-state index contributed by atoms with van der Waals surface area (Å²) in [5.41, 5.74) is 3.28. The van der Waals surface area contributed by atoms with Crippen molar-refractivity contribution in [3.63, 3.8) is 0 Å². The smallest absolute Gasteiger partial charge is 0.130 e. The second-order valence-electron chi connectivity index (χ2n) is 6.38. The number of nitrogens with zero attached hydrogens (tertiary/aromatic N) is 3. The monoisotopic (exact) mass is 313 g/mol. The van der Waals surface area contributed by atoms with Crippen molar-refractivity contribution in [1.29, 1.82) is 10.5 Å². The Kier molecular flexibility index (Phi) is 4.50. The lowest BCUT2D eigenvalue weighted by molar-refractivity contribution is 0.381. The first-order valence-corrected chi connectivity index (χ1v) is 7.84. The largest absolute Gasteiger partial charge is 0.366 e. The zero-order valence-corrected chi connectivity index (χ0v) is 14.2. The summed E-state index contributed by atoms with van der Waals surface area (Å²) < 4.78 is 0. The van der Waals surface area contributed by atoms with Crippen molar-refractivity contribution in [3.05, 3.63) is 33.9 Å². The van der Waals surface area contributed by atoms with E-state index in [4.69, 9.17) is 22.1 Å². The van der Waals surface area contributed by atoms with Crippen LogP contribution >= 0.6 is 11.6 Å². The summed E-state index contributed by atoms with van der Waals surface area (Å²) in [6, 6.07) is 7.76. The van der Waals surface area contributed by atoms with Gasteiger partial charge in [-0.3, -0.25) is 0 Å². The fourth-order valence-corrected chi connectivity index (χ4v) is 3.69. The van der Waals surface area contributed by atoms with E-state index < -0.39 is 0 Å². The van der Waals surface area contributed by atoms with Crippen LogP contribution in [0.2, 0.25) is 5.02 Å². The molecule has 0 spiro atoms. The summed E-state index contributed by atoms with van der Waals surface area (Å²) in [4.78, 5) is 2.37. The number of hydrogen-bond donors (Lipinski definition) is 0. The van der Waals surface area contributed by atoms with Gasteiger partial charge in [0.1, 0.15) is 17.7 Å². The van der Waals surface area contributed by atoms with Gasteiger partial charge in [-0.1, -0.05) is 18.5 Å². The van der Waals surface area contributed by atoms with E-state index in [1.807, 2.05) is 24.3 Å². The molecule has 2 rings (SSSR count). The number of allylic oxidation sites excluding steroid dienone is 1. The molecule has 1 heterocycles. The van der Waals surface area contributed by atoms with Gasteiger partial charge in [0.2, 0.25) is 0 Å². The molecule has 0 radical (unpaired) electrons. The third kappa shape index (κ3) is 2.82. The first kappa shape index (κ1) is 16.4. The molecule has 1 unspecified atom stereocenters. The molecule has 1 aliphatic heterocycles. The zero-order chi connectivity index (χ0) is 16.5. The lowest BCUT2D eigenvalue weighted by Gasteiger charge is -2.47. The highest BCUT2D eigenvalue weighted by atomic mass is 35.5. The molecule has 22 heavy (non-hydrogen) atoms. The molecule has 0 N–H and O–H groups in total. The third-order valence-corrected chi connectivity index (χ3v) is 4.69. The first-order chi connectivity index (χ1) is 10.3. The summed E-state index contributed by atoms with van der Waals surface area (Å²) in [6.45, 7) is 9.78. The fraction of sp³-hybridized carbons (Fsp3) is 0.444. The molecule has 0 saturated carbocycles. The summed E-state index contributed by atoms with van der Waals surface area (Å²) in [5, 5.41) is 18.4. The van der Waals surface area contributed by atoms with Gasteiger partial charge in [0.25, 0.3) is 0 Å². The zero-order valence-electron chi connectivity index (χ0n) is 13.4. The Morgan fingerprint density at radius 3 is 2.59 bits per heavy atom. The van der Waals surface area contributed by atoms with Crippen molar-refractivity contribution in [1.82, 2.24) is 0 Å². The standard InChI is InChI=1S/C18H20ClN3/c1-5-22-17-8-16(19)14(6-13(10-20)11-21)7-15(17)12(2)9-18(22,3)4/h6-8,12H,5,9H2,1-4H3.